The highest BCUT2D eigenvalue weighted by molar-refractivity contribution is 7.86. The van der Waals surface area contributed by atoms with Crippen molar-refractivity contribution >= 4 is 10.2 Å². The molecule has 3 rings (SSSR count). The first-order chi connectivity index (χ1) is 10.5. The molecule has 0 radical (unpaired) electrons. The van der Waals surface area contributed by atoms with Crippen molar-refractivity contribution in [2.75, 3.05) is 39.3 Å². The monoisotopic (exact) mass is 324 g/mol. The Morgan fingerprint density at radius 2 is 1.73 bits per heavy atom. The Kier molecular flexibility index (Phi) is 4.79. The van der Waals surface area contributed by atoms with Crippen molar-refractivity contribution in [3.05, 3.63) is 35.9 Å². The lowest BCUT2D eigenvalue weighted by Crippen LogP contribution is -2.53. The number of hydrogen-bond acceptors (Lipinski definition) is 4. The summed E-state index contributed by atoms with van der Waals surface area (Å²) in [6.45, 7) is 5.73. The van der Waals surface area contributed by atoms with Gasteiger partial charge in [-0.05, 0) is 12.0 Å². The van der Waals surface area contributed by atoms with Gasteiger partial charge in [0.15, 0.2) is 0 Å². The number of hydrogen-bond donors (Lipinski definition) is 1. The molecule has 0 unspecified atom stereocenters. The highest BCUT2D eigenvalue weighted by Crippen LogP contribution is 2.19. The lowest BCUT2D eigenvalue weighted by molar-refractivity contribution is 0.136. The van der Waals surface area contributed by atoms with Crippen molar-refractivity contribution in [2.24, 2.45) is 5.14 Å². The molecule has 122 valence electrons. The van der Waals surface area contributed by atoms with Gasteiger partial charge in [-0.2, -0.15) is 12.7 Å². The molecule has 0 aromatic heterocycles. The van der Waals surface area contributed by atoms with Gasteiger partial charge in [0, 0.05) is 51.9 Å². The highest BCUT2D eigenvalue weighted by Gasteiger charge is 2.31. The fourth-order valence-corrected chi connectivity index (χ4v) is 4.09. The van der Waals surface area contributed by atoms with E-state index in [0.717, 1.165) is 39.1 Å². The summed E-state index contributed by atoms with van der Waals surface area (Å²) in [6, 6.07) is 11.1. The fourth-order valence-electron chi connectivity index (χ4n) is 3.42. The van der Waals surface area contributed by atoms with E-state index < -0.39 is 10.2 Å². The number of rotatable bonds is 4. The molecule has 1 atom stereocenters. The topological polar surface area (TPSA) is 69.9 Å². The first kappa shape index (κ1) is 15.9. The molecule has 0 bridgehead atoms. The zero-order valence-corrected chi connectivity index (χ0v) is 13.6. The molecule has 0 aliphatic carbocycles. The van der Waals surface area contributed by atoms with Gasteiger partial charge < -0.3 is 0 Å². The first-order valence-electron chi connectivity index (χ1n) is 7.80. The minimum Gasteiger partial charge on any atom is -0.297 e. The quantitative estimate of drug-likeness (QED) is 0.852. The average molecular weight is 324 g/mol. The summed E-state index contributed by atoms with van der Waals surface area (Å²) in [5.41, 5.74) is 1.35. The summed E-state index contributed by atoms with van der Waals surface area (Å²) in [7, 11) is -3.53. The van der Waals surface area contributed by atoms with Gasteiger partial charge in [-0.15, -0.1) is 0 Å². The van der Waals surface area contributed by atoms with Gasteiger partial charge in [-0.1, -0.05) is 30.3 Å². The van der Waals surface area contributed by atoms with Crippen LogP contribution in [-0.4, -0.2) is 67.8 Å². The summed E-state index contributed by atoms with van der Waals surface area (Å²) in [5.74, 6) is 0. The molecule has 0 spiro atoms. The summed E-state index contributed by atoms with van der Waals surface area (Å²) >= 11 is 0. The minimum absolute atomic E-state index is 0.508. The molecule has 1 aromatic rings. The number of likely N-dealkylation sites (tertiary alicyclic amines) is 1. The molecule has 22 heavy (non-hydrogen) atoms. The Morgan fingerprint density at radius 3 is 2.36 bits per heavy atom. The standard InChI is InChI=1S/C15H24N4O2S/c16-22(20,21)19-10-8-18(9-11-19)15-6-7-17(13-15)12-14-4-2-1-3-5-14/h1-5,15H,6-13H2,(H2,16,20,21)/t15-/m1/s1. The van der Waals surface area contributed by atoms with Gasteiger partial charge in [0.2, 0.25) is 0 Å². The SMILES string of the molecule is NS(=O)(=O)N1CCN([C@@H]2CCN(Cc3ccccc3)C2)CC1. The predicted octanol–water partition coefficient (Wildman–Crippen LogP) is 0.0820. The number of nitrogens with zero attached hydrogens (tertiary/aromatic N) is 3. The van der Waals surface area contributed by atoms with Crippen LogP contribution in [-0.2, 0) is 16.8 Å². The van der Waals surface area contributed by atoms with Crippen LogP contribution in [0.25, 0.3) is 0 Å². The number of nitrogens with two attached hydrogens (primary N) is 1. The normalized spacial score (nSPS) is 25.6. The molecule has 6 nitrogen and oxygen atoms in total. The van der Waals surface area contributed by atoms with Gasteiger partial charge in [0.05, 0.1) is 0 Å². The van der Waals surface area contributed by atoms with E-state index in [-0.39, 0.29) is 0 Å². The smallest absolute Gasteiger partial charge is 0.276 e. The number of piperazine rings is 1. The van der Waals surface area contributed by atoms with Gasteiger partial charge >= 0.3 is 0 Å². The minimum atomic E-state index is -3.53. The van der Waals surface area contributed by atoms with Gasteiger partial charge in [0.25, 0.3) is 10.2 Å². The van der Waals surface area contributed by atoms with E-state index in [1.54, 1.807) is 0 Å². The van der Waals surface area contributed by atoms with Gasteiger partial charge in [0.1, 0.15) is 0 Å². The summed E-state index contributed by atoms with van der Waals surface area (Å²) in [6.07, 6.45) is 1.15. The van der Waals surface area contributed by atoms with E-state index >= 15 is 0 Å². The summed E-state index contributed by atoms with van der Waals surface area (Å²) < 4.78 is 24.1. The van der Waals surface area contributed by atoms with Crippen molar-refractivity contribution in [3.63, 3.8) is 0 Å². The molecule has 2 fully saturated rings. The third-order valence-electron chi connectivity index (χ3n) is 4.65. The largest absolute Gasteiger partial charge is 0.297 e. The van der Waals surface area contributed by atoms with Gasteiger partial charge in [-0.3, -0.25) is 9.80 Å². The van der Waals surface area contributed by atoms with Crippen molar-refractivity contribution < 1.29 is 8.42 Å². The van der Waals surface area contributed by atoms with Gasteiger partial charge in [-0.25, -0.2) is 5.14 Å². The summed E-state index contributed by atoms with van der Waals surface area (Å²) in [4.78, 5) is 4.89. The van der Waals surface area contributed by atoms with E-state index in [1.807, 2.05) is 6.07 Å². The van der Waals surface area contributed by atoms with Crippen LogP contribution in [0.1, 0.15) is 12.0 Å². The average Bonchev–Trinajstić information content (AvgIpc) is 2.96. The Morgan fingerprint density at radius 1 is 1.05 bits per heavy atom. The van der Waals surface area contributed by atoms with Crippen molar-refractivity contribution in [1.82, 2.24) is 14.1 Å². The Bertz CT molecular complexity index is 585. The molecule has 7 heteroatoms. The van der Waals surface area contributed by atoms with Crippen LogP contribution in [0.3, 0.4) is 0 Å². The lowest BCUT2D eigenvalue weighted by atomic mass is 10.2. The molecule has 2 heterocycles. The van der Waals surface area contributed by atoms with E-state index in [0.29, 0.717) is 19.1 Å². The van der Waals surface area contributed by atoms with E-state index in [2.05, 4.69) is 34.1 Å². The third-order valence-corrected chi connectivity index (χ3v) is 5.73. The Labute approximate surface area is 132 Å². The lowest BCUT2D eigenvalue weighted by Gasteiger charge is -2.36. The molecule has 2 N–H and O–H groups in total. The molecule has 2 aliphatic rings. The Balaban J connectivity index is 1.49. The molecule has 1 aromatic carbocycles. The molecular weight excluding hydrogens is 300 g/mol. The highest BCUT2D eigenvalue weighted by atomic mass is 32.2. The maximum atomic E-state index is 11.3. The molecular formula is C15H24N4O2S. The van der Waals surface area contributed by atoms with Crippen LogP contribution in [0, 0.1) is 0 Å². The van der Waals surface area contributed by atoms with Crippen molar-refractivity contribution in [1.29, 1.82) is 0 Å². The molecule has 2 aliphatic heterocycles. The maximum absolute atomic E-state index is 11.3. The second-order valence-electron chi connectivity index (χ2n) is 6.14. The fraction of sp³-hybridized carbons (Fsp3) is 0.600. The molecule has 0 amide bonds. The number of benzene rings is 1. The van der Waals surface area contributed by atoms with Crippen LogP contribution in [0.15, 0.2) is 30.3 Å². The van der Waals surface area contributed by atoms with Crippen LogP contribution in [0.4, 0.5) is 0 Å². The van der Waals surface area contributed by atoms with E-state index in [9.17, 15) is 8.42 Å². The second kappa shape index (κ2) is 6.64. The maximum Gasteiger partial charge on any atom is 0.276 e. The van der Waals surface area contributed by atoms with Crippen LogP contribution < -0.4 is 5.14 Å². The van der Waals surface area contributed by atoms with Crippen LogP contribution in [0.5, 0.6) is 0 Å². The van der Waals surface area contributed by atoms with Crippen molar-refractivity contribution in [2.45, 2.75) is 19.0 Å². The van der Waals surface area contributed by atoms with E-state index in [4.69, 9.17) is 5.14 Å². The van der Waals surface area contributed by atoms with E-state index in [1.165, 1.54) is 9.87 Å². The summed E-state index contributed by atoms with van der Waals surface area (Å²) in [5, 5.41) is 5.19. The third kappa shape index (κ3) is 3.85. The van der Waals surface area contributed by atoms with Crippen LogP contribution in [0.2, 0.25) is 0 Å². The van der Waals surface area contributed by atoms with Crippen molar-refractivity contribution in [3.8, 4) is 0 Å². The second-order valence-corrected chi connectivity index (χ2v) is 7.69. The molecule has 0 saturated carbocycles. The van der Waals surface area contributed by atoms with Crippen LogP contribution >= 0.6 is 0 Å². The zero-order valence-electron chi connectivity index (χ0n) is 12.8. The first-order valence-corrected chi connectivity index (χ1v) is 9.31. The Hall–Kier alpha value is -0.990. The molecule has 2 saturated heterocycles. The predicted molar refractivity (Wildman–Crippen MR) is 86.4 cm³/mol. The zero-order chi connectivity index (χ0) is 15.6.